The standard InChI is InChI=1S/C15H24N2O3S/c1-3-13-4-5-14(10-15(13)16)21(18,19)17-8-6-12(7-9-17)11-20-2/h4-5,10,12H,3,6-9,11,16H2,1-2H3. The second kappa shape index (κ2) is 6.77. The third kappa shape index (κ3) is 3.56. The lowest BCUT2D eigenvalue weighted by molar-refractivity contribution is 0.121. The van der Waals surface area contributed by atoms with Crippen molar-refractivity contribution in [2.45, 2.75) is 31.1 Å². The number of anilines is 1. The van der Waals surface area contributed by atoms with E-state index in [1.54, 1.807) is 29.6 Å². The van der Waals surface area contributed by atoms with Gasteiger partial charge < -0.3 is 10.5 Å². The van der Waals surface area contributed by atoms with Gasteiger partial charge in [-0.1, -0.05) is 13.0 Å². The van der Waals surface area contributed by atoms with Gasteiger partial charge >= 0.3 is 0 Å². The molecule has 0 aromatic heterocycles. The molecule has 0 saturated carbocycles. The predicted octanol–water partition coefficient (Wildman–Crippen LogP) is 1.88. The van der Waals surface area contributed by atoms with E-state index in [0.29, 0.717) is 36.2 Å². The van der Waals surface area contributed by atoms with Crippen molar-refractivity contribution in [3.63, 3.8) is 0 Å². The first-order valence-electron chi connectivity index (χ1n) is 7.36. The van der Waals surface area contributed by atoms with Crippen LogP contribution in [0.4, 0.5) is 5.69 Å². The Balaban J connectivity index is 2.14. The number of benzene rings is 1. The number of methoxy groups -OCH3 is 1. The Morgan fingerprint density at radius 3 is 2.52 bits per heavy atom. The lowest BCUT2D eigenvalue weighted by Gasteiger charge is -2.30. The average Bonchev–Trinajstić information content (AvgIpc) is 2.48. The van der Waals surface area contributed by atoms with E-state index in [1.165, 1.54) is 0 Å². The summed E-state index contributed by atoms with van der Waals surface area (Å²) >= 11 is 0. The highest BCUT2D eigenvalue weighted by Gasteiger charge is 2.29. The van der Waals surface area contributed by atoms with Crippen LogP contribution in [0.25, 0.3) is 0 Å². The Kier molecular flexibility index (Phi) is 5.24. The molecule has 21 heavy (non-hydrogen) atoms. The monoisotopic (exact) mass is 312 g/mol. The first-order valence-corrected chi connectivity index (χ1v) is 8.80. The summed E-state index contributed by atoms with van der Waals surface area (Å²) in [5.74, 6) is 0.453. The highest BCUT2D eigenvalue weighted by atomic mass is 32.2. The van der Waals surface area contributed by atoms with Crippen molar-refractivity contribution < 1.29 is 13.2 Å². The van der Waals surface area contributed by atoms with Gasteiger partial charge in [0.05, 0.1) is 4.90 Å². The van der Waals surface area contributed by atoms with Gasteiger partial charge in [0.25, 0.3) is 0 Å². The van der Waals surface area contributed by atoms with E-state index in [0.717, 1.165) is 24.8 Å². The molecule has 0 unspecified atom stereocenters. The highest BCUT2D eigenvalue weighted by molar-refractivity contribution is 7.89. The molecule has 1 heterocycles. The Morgan fingerprint density at radius 2 is 2.00 bits per heavy atom. The summed E-state index contributed by atoms with van der Waals surface area (Å²) in [6.45, 7) is 3.80. The van der Waals surface area contributed by atoms with Crippen molar-refractivity contribution in [2.24, 2.45) is 5.92 Å². The fourth-order valence-corrected chi connectivity index (χ4v) is 4.26. The van der Waals surface area contributed by atoms with Gasteiger partial charge in [0.2, 0.25) is 10.0 Å². The smallest absolute Gasteiger partial charge is 0.243 e. The molecule has 1 aromatic rings. The van der Waals surface area contributed by atoms with Crippen LogP contribution in [-0.2, 0) is 21.2 Å². The Morgan fingerprint density at radius 1 is 1.33 bits per heavy atom. The molecule has 0 atom stereocenters. The number of hydrogen-bond acceptors (Lipinski definition) is 4. The molecule has 1 aromatic carbocycles. The fraction of sp³-hybridized carbons (Fsp3) is 0.600. The number of piperidine rings is 1. The lowest BCUT2D eigenvalue weighted by Crippen LogP contribution is -2.39. The SMILES string of the molecule is CCc1ccc(S(=O)(=O)N2CCC(COC)CC2)cc1N. The van der Waals surface area contributed by atoms with Crippen LogP contribution in [-0.4, -0.2) is 39.5 Å². The largest absolute Gasteiger partial charge is 0.398 e. The van der Waals surface area contributed by atoms with E-state index in [1.807, 2.05) is 6.92 Å². The summed E-state index contributed by atoms with van der Waals surface area (Å²) in [6, 6.07) is 5.04. The molecule has 5 nitrogen and oxygen atoms in total. The summed E-state index contributed by atoms with van der Waals surface area (Å²) < 4.78 is 32.0. The second-order valence-electron chi connectivity index (χ2n) is 5.52. The maximum atomic E-state index is 12.6. The number of aryl methyl sites for hydroxylation is 1. The van der Waals surface area contributed by atoms with E-state index in [-0.39, 0.29) is 0 Å². The molecule has 1 saturated heterocycles. The minimum absolute atomic E-state index is 0.294. The maximum Gasteiger partial charge on any atom is 0.243 e. The normalized spacial score (nSPS) is 18.0. The summed E-state index contributed by atoms with van der Waals surface area (Å²) in [7, 11) is -1.75. The van der Waals surface area contributed by atoms with E-state index in [4.69, 9.17) is 10.5 Å². The molecule has 2 N–H and O–H groups in total. The van der Waals surface area contributed by atoms with Crippen LogP contribution in [0.3, 0.4) is 0 Å². The zero-order chi connectivity index (χ0) is 15.5. The zero-order valence-electron chi connectivity index (χ0n) is 12.7. The lowest BCUT2D eigenvalue weighted by atomic mass is 9.99. The van der Waals surface area contributed by atoms with Crippen LogP contribution in [0.1, 0.15) is 25.3 Å². The van der Waals surface area contributed by atoms with Crippen LogP contribution in [0.15, 0.2) is 23.1 Å². The third-order valence-corrected chi connectivity index (χ3v) is 6.01. The molecule has 118 valence electrons. The molecule has 0 radical (unpaired) electrons. The predicted molar refractivity (Wildman–Crippen MR) is 83.6 cm³/mol. The number of rotatable bonds is 5. The van der Waals surface area contributed by atoms with E-state index in [2.05, 4.69) is 0 Å². The van der Waals surface area contributed by atoms with Crippen molar-refractivity contribution in [1.82, 2.24) is 4.31 Å². The van der Waals surface area contributed by atoms with Crippen molar-refractivity contribution >= 4 is 15.7 Å². The van der Waals surface area contributed by atoms with Gasteiger partial charge in [0.1, 0.15) is 0 Å². The molecule has 2 rings (SSSR count). The molecule has 0 aliphatic carbocycles. The van der Waals surface area contributed by atoms with E-state index < -0.39 is 10.0 Å². The summed E-state index contributed by atoms with van der Waals surface area (Å²) in [6.07, 6.45) is 2.49. The fourth-order valence-electron chi connectivity index (χ4n) is 2.76. The van der Waals surface area contributed by atoms with Gasteiger partial charge in [-0.15, -0.1) is 0 Å². The molecular formula is C15H24N2O3S. The first-order chi connectivity index (χ1) is 9.98. The molecule has 0 bridgehead atoms. The number of nitrogens with two attached hydrogens (primary N) is 1. The molecule has 0 amide bonds. The van der Waals surface area contributed by atoms with E-state index in [9.17, 15) is 8.42 Å². The average molecular weight is 312 g/mol. The summed E-state index contributed by atoms with van der Waals surface area (Å²) in [5, 5.41) is 0. The molecule has 0 spiro atoms. The molecule has 1 aliphatic heterocycles. The highest BCUT2D eigenvalue weighted by Crippen LogP contribution is 2.26. The number of nitrogen functional groups attached to an aromatic ring is 1. The van der Waals surface area contributed by atoms with Crippen molar-refractivity contribution in [3.8, 4) is 0 Å². The first kappa shape index (κ1) is 16.3. The maximum absolute atomic E-state index is 12.6. The Labute approximate surface area is 127 Å². The molecular weight excluding hydrogens is 288 g/mol. The molecule has 6 heteroatoms. The van der Waals surface area contributed by atoms with Crippen molar-refractivity contribution in [2.75, 3.05) is 32.5 Å². The third-order valence-electron chi connectivity index (χ3n) is 4.11. The van der Waals surface area contributed by atoms with Crippen LogP contribution < -0.4 is 5.73 Å². The van der Waals surface area contributed by atoms with Crippen molar-refractivity contribution in [3.05, 3.63) is 23.8 Å². The molecule has 1 fully saturated rings. The van der Waals surface area contributed by atoms with E-state index >= 15 is 0 Å². The Bertz CT molecular complexity index is 579. The zero-order valence-corrected chi connectivity index (χ0v) is 13.5. The minimum atomic E-state index is -3.44. The van der Waals surface area contributed by atoms with Gasteiger partial charge in [0.15, 0.2) is 0 Å². The minimum Gasteiger partial charge on any atom is -0.398 e. The van der Waals surface area contributed by atoms with Crippen LogP contribution >= 0.6 is 0 Å². The van der Waals surface area contributed by atoms with Crippen LogP contribution in [0.2, 0.25) is 0 Å². The number of hydrogen-bond donors (Lipinski definition) is 1. The van der Waals surface area contributed by atoms with Gasteiger partial charge in [-0.2, -0.15) is 4.31 Å². The quantitative estimate of drug-likeness (QED) is 0.843. The van der Waals surface area contributed by atoms with Gasteiger partial charge in [-0.05, 0) is 42.9 Å². The second-order valence-corrected chi connectivity index (χ2v) is 7.45. The van der Waals surface area contributed by atoms with Crippen molar-refractivity contribution in [1.29, 1.82) is 0 Å². The summed E-state index contributed by atoms with van der Waals surface area (Å²) in [5.41, 5.74) is 7.45. The van der Waals surface area contributed by atoms with Gasteiger partial charge in [-0.25, -0.2) is 8.42 Å². The van der Waals surface area contributed by atoms with Gasteiger partial charge in [-0.3, -0.25) is 0 Å². The van der Waals surface area contributed by atoms with Gasteiger partial charge in [0, 0.05) is 32.5 Å². The summed E-state index contributed by atoms with van der Waals surface area (Å²) in [4.78, 5) is 0.294. The Hall–Kier alpha value is -1.11. The molecule has 1 aliphatic rings. The topological polar surface area (TPSA) is 72.6 Å². The number of nitrogens with zero attached hydrogens (tertiary/aromatic N) is 1. The van der Waals surface area contributed by atoms with Crippen LogP contribution in [0.5, 0.6) is 0 Å². The number of sulfonamides is 1. The number of ether oxygens (including phenoxy) is 1. The van der Waals surface area contributed by atoms with Crippen LogP contribution in [0, 0.1) is 5.92 Å².